The molecule has 138 valence electrons. The van der Waals surface area contributed by atoms with Gasteiger partial charge in [0.2, 0.25) is 5.69 Å². The second kappa shape index (κ2) is 6.12. The number of aliphatic carboxylic acids is 1. The highest BCUT2D eigenvalue weighted by Gasteiger charge is 2.54. The van der Waals surface area contributed by atoms with Crippen molar-refractivity contribution in [2.24, 2.45) is 7.05 Å². The second-order valence-corrected chi connectivity index (χ2v) is 7.06. The first-order valence-electron chi connectivity index (χ1n) is 7.51. The molecule has 3 rings (SSSR count). The van der Waals surface area contributed by atoms with E-state index in [4.69, 9.17) is 0 Å². The Hall–Kier alpha value is -2.89. The molecule has 0 saturated carbocycles. The largest absolute Gasteiger partial charge is 0.477 e. The van der Waals surface area contributed by atoms with Crippen molar-refractivity contribution >= 4 is 35.2 Å². The van der Waals surface area contributed by atoms with Crippen molar-refractivity contribution in [2.45, 2.75) is 25.3 Å². The highest BCUT2D eigenvalue weighted by Crippen LogP contribution is 2.40. The molecule has 26 heavy (non-hydrogen) atoms. The summed E-state index contributed by atoms with van der Waals surface area (Å²) in [5.74, 6) is -2.16. The second-order valence-electron chi connectivity index (χ2n) is 5.96. The van der Waals surface area contributed by atoms with Gasteiger partial charge in [0.25, 0.3) is 11.8 Å². The molecule has 2 unspecified atom stereocenters. The van der Waals surface area contributed by atoms with E-state index in [2.05, 4.69) is 10.4 Å². The Balaban J connectivity index is 1.85. The van der Waals surface area contributed by atoms with Gasteiger partial charge in [0, 0.05) is 12.8 Å². The predicted molar refractivity (Wildman–Crippen MR) is 89.3 cm³/mol. The van der Waals surface area contributed by atoms with Gasteiger partial charge < -0.3 is 10.4 Å². The number of hydrogen-bond donors (Lipinski definition) is 2. The molecule has 2 atom stereocenters. The fourth-order valence-corrected chi connectivity index (χ4v) is 4.40. The number of nitro groups is 1. The number of carboxylic acid groups (broad SMARTS) is 1. The molecule has 0 radical (unpaired) electrons. The molecule has 11 nitrogen and oxygen atoms in total. The van der Waals surface area contributed by atoms with Crippen LogP contribution in [0, 0.1) is 17.0 Å². The van der Waals surface area contributed by atoms with Gasteiger partial charge in [0.15, 0.2) is 0 Å². The van der Waals surface area contributed by atoms with Crippen LogP contribution in [0.2, 0.25) is 0 Å². The first-order valence-corrected chi connectivity index (χ1v) is 8.56. The Kier molecular flexibility index (Phi) is 4.22. The summed E-state index contributed by atoms with van der Waals surface area (Å²) in [7, 11) is 1.40. The van der Waals surface area contributed by atoms with E-state index in [9.17, 15) is 29.6 Å². The molecule has 3 heterocycles. The standard InChI is InChI=1S/C14H15N5O6S/c1-5-4-26-13-7(12(21)18(13)8(5)14(22)23)15-11(20)10-9(19(24)25)6(2)16-17(10)3/h7,13H,4H2,1-3H3,(H,15,20)(H,22,23). The van der Waals surface area contributed by atoms with E-state index >= 15 is 0 Å². The van der Waals surface area contributed by atoms with E-state index < -0.39 is 39.8 Å². The summed E-state index contributed by atoms with van der Waals surface area (Å²) >= 11 is 1.32. The van der Waals surface area contributed by atoms with Crippen LogP contribution in [-0.4, -0.2) is 59.7 Å². The normalized spacial score (nSPS) is 22.0. The van der Waals surface area contributed by atoms with E-state index in [0.29, 0.717) is 11.3 Å². The van der Waals surface area contributed by atoms with E-state index in [1.54, 1.807) is 6.92 Å². The van der Waals surface area contributed by atoms with Crippen molar-refractivity contribution in [3.05, 3.63) is 32.8 Å². The summed E-state index contributed by atoms with van der Waals surface area (Å²) in [6, 6.07) is -0.954. The van der Waals surface area contributed by atoms with E-state index in [1.165, 1.54) is 25.7 Å². The summed E-state index contributed by atoms with van der Waals surface area (Å²) in [6.45, 7) is 3.04. The average Bonchev–Trinajstić information content (AvgIpc) is 2.86. The molecular weight excluding hydrogens is 366 g/mol. The molecule has 0 bridgehead atoms. The van der Waals surface area contributed by atoms with Crippen molar-refractivity contribution in [1.82, 2.24) is 20.0 Å². The minimum Gasteiger partial charge on any atom is -0.477 e. The van der Waals surface area contributed by atoms with Crippen LogP contribution in [0.1, 0.15) is 23.1 Å². The number of nitrogens with zero attached hydrogens (tertiary/aromatic N) is 4. The van der Waals surface area contributed by atoms with E-state index in [1.807, 2.05) is 0 Å². The number of aryl methyl sites for hydroxylation is 2. The van der Waals surface area contributed by atoms with Crippen LogP contribution < -0.4 is 5.32 Å². The minimum atomic E-state index is -1.20. The lowest BCUT2D eigenvalue weighted by Gasteiger charge is -2.49. The molecule has 2 aliphatic heterocycles. The number of thioether (sulfide) groups is 1. The van der Waals surface area contributed by atoms with Gasteiger partial charge in [-0.15, -0.1) is 11.8 Å². The number of amides is 2. The van der Waals surface area contributed by atoms with Crippen molar-refractivity contribution in [3.63, 3.8) is 0 Å². The molecule has 1 aromatic rings. The van der Waals surface area contributed by atoms with Gasteiger partial charge in [-0.2, -0.15) is 5.10 Å². The number of nitrogens with one attached hydrogen (secondary N) is 1. The molecule has 2 amide bonds. The lowest BCUT2D eigenvalue weighted by molar-refractivity contribution is -0.385. The lowest BCUT2D eigenvalue weighted by Crippen LogP contribution is -2.70. The molecule has 1 aromatic heterocycles. The third kappa shape index (κ3) is 2.53. The molecule has 0 aromatic carbocycles. The fourth-order valence-electron chi connectivity index (χ4n) is 3.10. The van der Waals surface area contributed by atoms with Crippen LogP contribution in [0.5, 0.6) is 0 Å². The highest BCUT2D eigenvalue weighted by molar-refractivity contribution is 8.00. The highest BCUT2D eigenvalue weighted by atomic mass is 32.2. The van der Waals surface area contributed by atoms with E-state index in [-0.39, 0.29) is 17.1 Å². The molecule has 0 aliphatic carbocycles. The Morgan fingerprint density at radius 3 is 2.65 bits per heavy atom. The van der Waals surface area contributed by atoms with Crippen molar-refractivity contribution in [1.29, 1.82) is 0 Å². The topological polar surface area (TPSA) is 148 Å². The Labute approximate surface area is 151 Å². The zero-order valence-corrected chi connectivity index (χ0v) is 14.9. The molecule has 2 N–H and O–H groups in total. The lowest BCUT2D eigenvalue weighted by atomic mass is 10.0. The smallest absolute Gasteiger partial charge is 0.352 e. The molecular formula is C14H15N5O6S. The summed E-state index contributed by atoms with van der Waals surface area (Å²) in [5.41, 5.74) is -0.110. The van der Waals surface area contributed by atoms with Crippen LogP contribution in [-0.2, 0) is 16.6 Å². The number of aromatic nitrogens is 2. The maximum Gasteiger partial charge on any atom is 0.352 e. The molecule has 12 heteroatoms. The zero-order valence-electron chi connectivity index (χ0n) is 14.0. The monoisotopic (exact) mass is 381 g/mol. The molecule has 1 saturated heterocycles. The van der Waals surface area contributed by atoms with Crippen LogP contribution in [0.3, 0.4) is 0 Å². The van der Waals surface area contributed by atoms with Crippen LogP contribution in [0.15, 0.2) is 11.3 Å². The number of β-lactam (4-membered cyclic amide) rings is 1. The maximum atomic E-state index is 12.5. The van der Waals surface area contributed by atoms with Gasteiger partial charge in [-0.3, -0.25) is 29.3 Å². The van der Waals surface area contributed by atoms with Crippen LogP contribution in [0.25, 0.3) is 0 Å². The summed E-state index contributed by atoms with van der Waals surface area (Å²) in [6.07, 6.45) is 0. The van der Waals surface area contributed by atoms with Crippen molar-refractivity contribution < 1.29 is 24.4 Å². The van der Waals surface area contributed by atoms with E-state index in [0.717, 1.165) is 9.58 Å². The Bertz CT molecular complexity index is 891. The Morgan fingerprint density at radius 1 is 1.42 bits per heavy atom. The zero-order chi connectivity index (χ0) is 19.3. The first kappa shape index (κ1) is 17.9. The average molecular weight is 381 g/mol. The quantitative estimate of drug-likeness (QED) is 0.421. The van der Waals surface area contributed by atoms with Gasteiger partial charge in [-0.1, -0.05) is 0 Å². The van der Waals surface area contributed by atoms with Gasteiger partial charge >= 0.3 is 11.7 Å². The van der Waals surface area contributed by atoms with Crippen LogP contribution in [0.4, 0.5) is 5.69 Å². The molecule has 0 spiro atoms. The summed E-state index contributed by atoms with van der Waals surface area (Å²) in [4.78, 5) is 47.9. The first-order chi connectivity index (χ1) is 12.1. The molecule has 2 aliphatic rings. The number of carbonyl (C=O) groups excluding carboxylic acids is 2. The summed E-state index contributed by atoms with van der Waals surface area (Å²) in [5, 5.41) is 26.3. The van der Waals surface area contributed by atoms with Gasteiger partial charge in [-0.25, -0.2) is 4.79 Å². The SMILES string of the molecule is CC1=C(C(=O)O)N2C(=O)C(NC(=O)c3c([N+](=O)[O-])c(C)nn3C)C2SC1. The number of carbonyl (C=O) groups is 3. The third-order valence-corrected chi connectivity index (χ3v) is 5.66. The van der Waals surface area contributed by atoms with Crippen molar-refractivity contribution in [3.8, 4) is 0 Å². The molecule has 1 fully saturated rings. The number of carboxylic acids is 1. The van der Waals surface area contributed by atoms with Crippen LogP contribution >= 0.6 is 11.8 Å². The Morgan fingerprint density at radius 2 is 2.08 bits per heavy atom. The minimum absolute atomic E-state index is 0.0772. The fraction of sp³-hybridized carbons (Fsp3) is 0.429. The number of fused-ring (bicyclic) bond motifs is 1. The third-order valence-electron chi connectivity index (χ3n) is 4.24. The van der Waals surface area contributed by atoms with Crippen molar-refractivity contribution in [2.75, 3.05) is 5.75 Å². The predicted octanol–water partition coefficient (Wildman–Crippen LogP) is 0.00882. The number of hydrogen-bond acceptors (Lipinski definition) is 7. The number of rotatable bonds is 4. The van der Waals surface area contributed by atoms with Gasteiger partial charge in [0.05, 0.1) is 4.92 Å². The maximum absolute atomic E-state index is 12.5. The van der Waals surface area contributed by atoms with Gasteiger partial charge in [-0.05, 0) is 19.4 Å². The summed E-state index contributed by atoms with van der Waals surface area (Å²) < 4.78 is 1.09. The van der Waals surface area contributed by atoms with Gasteiger partial charge in [0.1, 0.15) is 22.8 Å².